The molecule has 0 aliphatic carbocycles. The third kappa shape index (κ3) is 2.72. The molecular weight excluding hydrogens is 300 g/mol. The lowest BCUT2D eigenvalue weighted by Crippen LogP contribution is -2.51. The zero-order valence-corrected chi connectivity index (χ0v) is 12.3. The molecule has 1 aliphatic rings. The minimum absolute atomic E-state index is 0.128. The molecule has 1 saturated heterocycles. The molecule has 3 nitrogen and oxygen atoms in total. The number of amides is 1. The van der Waals surface area contributed by atoms with E-state index in [9.17, 15) is 4.79 Å². The van der Waals surface area contributed by atoms with E-state index in [0.29, 0.717) is 12.5 Å². The van der Waals surface area contributed by atoms with Crippen molar-refractivity contribution in [2.45, 2.75) is 25.8 Å². The van der Waals surface area contributed by atoms with Crippen molar-refractivity contribution < 1.29 is 4.79 Å². The van der Waals surface area contributed by atoms with Crippen molar-refractivity contribution in [3.63, 3.8) is 0 Å². The fourth-order valence-electron chi connectivity index (χ4n) is 2.43. The van der Waals surface area contributed by atoms with Crippen molar-refractivity contribution in [2.75, 3.05) is 13.1 Å². The molecule has 17 heavy (non-hydrogen) atoms. The second kappa shape index (κ2) is 5.50. The van der Waals surface area contributed by atoms with Crippen LogP contribution >= 0.6 is 27.3 Å². The Morgan fingerprint density at radius 2 is 2.41 bits per heavy atom. The highest BCUT2D eigenvalue weighted by Gasteiger charge is 2.31. The second-order valence-corrected chi connectivity index (χ2v) is 6.99. The molecule has 1 aliphatic heterocycles. The van der Waals surface area contributed by atoms with Gasteiger partial charge in [-0.1, -0.05) is 6.92 Å². The van der Waals surface area contributed by atoms with E-state index in [-0.39, 0.29) is 11.9 Å². The van der Waals surface area contributed by atoms with Gasteiger partial charge in [0.05, 0.1) is 8.66 Å². The molecule has 2 atom stereocenters. The maximum atomic E-state index is 12.4. The first-order valence-electron chi connectivity index (χ1n) is 5.90. The Morgan fingerprint density at radius 1 is 1.65 bits per heavy atom. The Bertz CT molecular complexity index is 407. The molecule has 2 heterocycles. The number of piperidine rings is 1. The van der Waals surface area contributed by atoms with Gasteiger partial charge in [-0.2, -0.15) is 0 Å². The van der Waals surface area contributed by atoms with Crippen LogP contribution < -0.4 is 5.73 Å². The molecule has 0 aromatic carbocycles. The maximum Gasteiger partial charge on any atom is 0.264 e. The van der Waals surface area contributed by atoms with Crippen molar-refractivity contribution in [2.24, 2.45) is 11.7 Å². The molecule has 0 spiro atoms. The largest absolute Gasteiger partial charge is 0.333 e. The highest BCUT2D eigenvalue weighted by molar-refractivity contribution is 9.11. The van der Waals surface area contributed by atoms with Crippen LogP contribution in [0.15, 0.2) is 15.9 Å². The van der Waals surface area contributed by atoms with Gasteiger partial charge < -0.3 is 10.6 Å². The van der Waals surface area contributed by atoms with Crippen molar-refractivity contribution in [3.05, 3.63) is 20.8 Å². The fraction of sp³-hybridized carbons (Fsp3) is 0.583. The van der Waals surface area contributed by atoms with Crippen LogP contribution in [-0.4, -0.2) is 29.9 Å². The lowest BCUT2D eigenvalue weighted by atomic mass is 9.90. The molecule has 0 radical (unpaired) electrons. The molecule has 1 fully saturated rings. The van der Waals surface area contributed by atoms with Crippen molar-refractivity contribution >= 4 is 33.2 Å². The zero-order chi connectivity index (χ0) is 12.4. The number of carbonyl (C=O) groups is 1. The number of nitrogens with two attached hydrogens (primary N) is 1. The summed E-state index contributed by atoms with van der Waals surface area (Å²) in [5.41, 5.74) is 5.81. The van der Waals surface area contributed by atoms with Gasteiger partial charge in [0.15, 0.2) is 0 Å². The average molecular weight is 317 g/mol. The molecule has 1 amide bonds. The van der Waals surface area contributed by atoms with Gasteiger partial charge in [-0.3, -0.25) is 4.79 Å². The van der Waals surface area contributed by atoms with Crippen molar-refractivity contribution in [1.82, 2.24) is 4.90 Å². The third-order valence-electron chi connectivity index (χ3n) is 3.40. The van der Waals surface area contributed by atoms with Gasteiger partial charge >= 0.3 is 0 Å². The van der Waals surface area contributed by atoms with Crippen LogP contribution in [0.1, 0.15) is 29.4 Å². The summed E-state index contributed by atoms with van der Waals surface area (Å²) in [6.45, 7) is 3.57. The van der Waals surface area contributed by atoms with Gasteiger partial charge in [0.25, 0.3) is 5.91 Å². The summed E-state index contributed by atoms with van der Waals surface area (Å²) in [5, 5.41) is 0. The minimum atomic E-state index is 0.128. The first-order valence-corrected chi connectivity index (χ1v) is 7.50. The summed E-state index contributed by atoms with van der Waals surface area (Å²) in [6, 6.07) is 3.99. The first kappa shape index (κ1) is 13.1. The minimum Gasteiger partial charge on any atom is -0.333 e. The summed E-state index contributed by atoms with van der Waals surface area (Å²) in [5.74, 6) is 0.629. The quantitative estimate of drug-likeness (QED) is 0.911. The van der Waals surface area contributed by atoms with Gasteiger partial charge in [-0.15, -0.1) is 11.3 Å². The molecule has 2 unspecified atom stereocenters. The number of halogens is 1. The predicted octanol–water partition coefficient (Wildman–Crippen LogP) is 2.71. The van der Waals surface area contributed by atoms with Crippen LogP contribution in [0.25, 0.3) is 0 Å². The monoisotopic (exact) mass is 316 g/mol. The zero-order valence-electron chi connectivity index (χ0n) is 9.86. The van der Waals surface area contributed by atoms with E-state index in [1.165, 1.54) is 17.8 Å². The van der Waals surface area contributed by atoms with Gasteiger partial charge in [-0.05, 0) is 46.8 Å². The van der Waals surface area contributed by atoms with E-state index in [0.717, 1.165) is 21.6 Å². The predicted molar refractivity (Wildman–Crippen MR) is 74.3 cm³/mol. The Morgan fingerprint density at radius 3 is 3.00 bits per heavy atom. The molecule has 0 saturated carbocycles. The second-order valence-electron chi connectivity index (χ2n) is 4.52. The Labute approximate surface area is 114 Å². The molecule has 5 heteroatoms. The van der Waals surface area contributed by atoms with Gasteiger partial charge in [0.2, 0.25) is 0 Å². The van der Waals surface area contributed by atoms with Gasteiger partial charge in [0, 0.05) is 19.1 Å². The van der Waals surface area contributed by atoms with Crippen LogP contribution in [0.3, 0.4) is 0 Å². The van der Waals surface area contributed by atoms with Crippen LogP contribution in [-0.2, 0) is 0 Å². The number of hydrogen-bond acceptors (Lipinski definition) is 3. The smallest absolute Gasteiger partial charge is 0.264 e. The topological polar surface area (TPSA) is 46.3 Å². The van der Waals surface area contributed by atoms with Crippen molar-refractivity contribution in [3.8, 4) is 0 Å². The summed E-state index contributed by atoms with van der Waals surface area (Å²) >= 11 is 4.88. The number of hydrogen-bond donors (Lipinski definition) is 1. The highest BCUT2D eigenvalue weighted by Crippen LogP contribution is 2.28. The number of likely N-dealkylation sites (tertiary alicyclic amines) is 1. The van der Waals surface area contributed by atoms with Gasteiger partial charge in [-0.25, -0.2) is 0 Å². The standard InChI is InChI=1S/C12H17BrN2OS/c1-8-3-2-6-15(9(8)7-14)12(16)10-4-5-11(13)17-10/h4-5,8-9H,2-3,6-7,14H2,1H3. The number of thiophene rings is 1. The molecular formula is C12H17BrN2OS. The molecule has 0 bridgehead atoms. The number of carbonyl (C=O) groups excluding carboxylic acids is 1. The SMILES string of the molecule is CC1CCCN(C(=O)c2ccc(Br)s2)C1CN. The molecule has 94 valence electrons. The summed E-state index contributed by atoms with van der Waals surface area (Å²) < 4.78 is 0.996. The Kier molecular flexibility index (Phi) is 4.22. The van der Waals surface area contributed by atoms with E-state index in [2.05, 4.69) is 22.9 Å². The number of rotatable bonds is 2. The lowest BCUT2D eigenvalue weighted by Gasteiger charge is -2.39. The molecule has 2 rings (SSSR count). The average Bonchev–Trinajstić information content (AvgIpc) is 2.74. The lowest BCUT2D eigenvalue weighted by molar-refractivity contribution is 0.0537. The molecule has 1 aromatic rings. The van der Waals surface area contributed by atoms with Gasteiger partial charge in [0.1, 0.15) is 0 Å². The maximum absolute atomic E-state index is 12.4. The fourth-order valence-corrected chi connectivity index (χ4v) is 3.77. The third-order valence-corrected chi connectivity index (χ3v) is 5.01. The van der Waals surface area contributed by atoms with Crippen LogP contribution in [0.2, 0.25) is 0 Å². The summed E-state index contributed by atoms with van der Waals surface area (Å²) in [4.78, 5) is 15.1. The van der Waals surface area contributed by atoms with Crippen molar-refractivity contribution in [1.29, 1.82) is 0 Å². The first-order chi connectivity index (χ1) is 8.13. The summed E-state index contributed by atoms with van der Waals surface area (Å²) in [6.07, 6.45) is 2.25. The van der Waals surface area contributed by atoms with Crippen LogP contribution in [0.5, 0.6) is 0 Å². The Hall–Kier alpha value is -0.390. The normalized spacial score (nSPS) is 25.0. The summed E-state index contributed by atoms with van der Waals surface area (Å²) in [7, 11) is 0. The van der Waals surface area contributed by atoms with Crippen LogP contribution in [0, 0.1) is 5.92 Å². The molecule has 2 N–H and O–H groups in total. The van der Waals surface area contributed by atoms with Crippen LogP contribution in [0.4, 0.5) is 0 Å². The Balaban J connectivity index is 2.17. The molecule has 1 aromatic heterocycles. The van der Waals surface area contributed by atoms with E-state index < -0.39 is 0 Å². The number of nitrogens with zero attached hydrogens (tertiary/aromatic N) is 1. The van der Waals surface area contributed by atoms with E-state index in [4.69, 9.17) is 5.73 Å². The highest BCUT2D eigenvalue weighted by atomic mass is 79.9. The van der Waals surface area contributed by atoms with E-state index in [1.807, 2.05) is 17.0 Å². The van der Waals surface area contributed by atoms with E-state index >= 15 is 0 Å². The van der Waals surface area contributed by atoms with E-state index in [1.54, 1.807) is 0 Å².